The predicted octanol–water partition coefficient (Wildman–Crippen LogP) is 2.50. The summed E-state index contributed by atoms with van der Waals surface area (Å²) in [5.41, 5.74) is 3.84. The first-order chi connectivity index (χ1) is 9.39. The fourth-order valence-electron chi connectivity index (χ4n) is 2.05. The molecule has 6 heteroatoms. The van der Waals surface area contributed by atoms with Gasteiger partial charge in [-0.15, -0.1) is 11.3 Å². The topological polar surface area (TPSA) is 44.2 Å². The lowest BCUT2D eigenvalue weighted by Gasteiger charge is -2.32. The van der Waals surface area contributed by atoms with Crippen molar-refractivity contribution in [2.24, 2.45) is 0 Å². The Labute approximate surface area is 123 Å². The van der Waals surface area contributed by atoms with E-state index in [1.807, 2.05) is 17.5 Å². The Hall–Kier alpha value is -1.24. The molecule has 20 heavy (non-hydrogen) atoms. The molecule has 1 aliphatic rings. The molecular formula is C14H17BN2O2S. The summed E-state index contributed by atoms with van der Waals surface area (Å²) in [6.45, 7) is 8.20. The van der Waals surface area contributed by atoms with Crippen molar-refractivity contribution in [3.05, 3.63) is 29.2 Å². The maximum absolute atomic E-state index is 6.05. The molecule has 0 saturated carbocycles. The van der Waals surface area contributed by atoms with Gasteiger partial charge in [-0.1, -0.05) is 0 Å². The second-order valence-corrected chi connectivity index (χ2v) is 6.66. The number of nitrogens with zero attached hydrogens (tertiary/aromatic N) is 2. The van der Waals surface area contributed by atoms with E-state index in [2.05, 4.69) is 37.7 Å². The van der Waals surface area contributed by atoms with E-state index in [0.717, 1.165) is 16.9 Å². The van der Waals surface area contributed by atoms with Crippen molar-refractivity contribution in [2.75, 3.05) is 0 Å². The van der Waals surface area contributed by atoms with Crippen LogP contribution in [0.3, 0.4) is 0 Å². The molecule has 0 aromatic carbocycles. The van der Waals surface area contributed by atoms with Gasteiger partial charge in [-0.25, -0.2) is 4.98 Å². The molecular weight excluding hydrogens is 271 g/mol. The van der Waals surface area contributed by atoms with Crippen molar-refractivity contribution in [3.8, 4) is 11.4 Å². The highest BCUT2D eigenvalue weighted by molar-refractivity contribution is 7.07. The van der Waals surface area contributed by atoms with Gasteiger partial charge in [0.25, 0.3) is 0 Å². The smallest absolute Gasteiger partial charge is 0.399 e. The lowest BCUT2D eigenvalue weighted by Crippen LogP contribution is -2.41. The highest BCUT2D eigenvalue weighted by Crippen LogP contribution is 2.36. The van der Waals surface area contributed by atoms with Crippen molar-refractivity contribution in [1.82, 2.24) is 9.97 Å². The van der Waals surface area contributed by atoms with Crippen LogP contribution in [0.4, 0.5) is 0 Å². The maximum atomic E-state index is 6.05. The lowest BCUT2D eigenvalue weighted by molar-refractivity contribution is 0.00578. The molecule has 1 saturated heterocycles. The zero-order valence-corrected chi connectivity index (χ0v) is 12.9. The van der Waals surface area contributed by atoms with E-state index in [1.54, 1.807) is 23.0 Å². The fourth-order valence-corrected chi connectivity index (χ4v) is 2.60. The van der Waals surface area contributed by atoms with Crippen molar-refractivity contribution in [3.63, 3.8) is 0 Å². The van der Waals surface area contributed by atoms with E-state index in [0.29, 0.717) is 0 Å². The Morgan fingerprint density at radius 2 is 1.75 bits per heavy atom. The summed E-state index contributed by atoms with van der Waals surface area (Å²) >= 11 is 1.56. The second kappa shape index (κ2) is 4.65. The Balaban J connectivity index is 1.91. The number of aromatic nitrogens is 2. The van der Waals surface area contributed by atoms with Crippen molar-refractivity contribution in [2.45, 2.75) is 38.9 Å². The second-order valence-electron chi connectivity index (χ2n) is 5.94. The van der Waals surface area contributed by atoms with Gasteiger partial charge in [0.15, 0.2) is 0 Å². The summed E-state index contributed by atoms with van der Waals surface area (Å²) in [5, 5.41) is 1.98. The maximum Gasteiger partial charge on any atom is 0.494 e. The van der Waals surface area contributed by atoms with Crippen molar-refractivity contribution < 1.29 is 9.31 Å². The van der Waals surface area contributed by atoms with Gasteiger partial charge in [0, 0.05) is 11.6 Å². The minimum Gasteiger partial charge on any atom is -0.399 e. The van der Waals surface area contributed by atoms with Crippen LogP contribution in [0.1, 0.15) is 27.7 Å². The van der Waals surface area contributed by atoms with E-state index < -0.39 is 0 Å². The molecule has 104 valence electrons. The van der Waals surface area contributed by atoms with E-state index in [9.17, 15) is 0 Å². The van der Waals surface area contributed by atoms with E-state index in [-0.39, 0.29) is 18.3 Å². The van der Waals surface area contributed by atoms with Crippen LogP contribution in [0, 0.1) is 0 Å². The van der Waals surface area contributed by atoms with Gasteiger partial charge in [0.2, 0.25) is 0 Å². The van der Waals surface area contributed by atoms with Crippen LogP contribution in [-0.4, -0.2) is 28.3 Å². The van der Waals surface area contributed by atoms with Crippen LogP contribution in [0.15, 0.2) is 29.2 Å². The fraction of sp³-hybridized carbons (Fsp3) is 0.429. The zero-order valence-electron chi connectivity index (χ0n) is 12.1. The predicted molar refractivity (Wildman–Crippen MR) is 81.1 cm³/mol. The average molecular weight is 288 g/mol. The first-order valence-electron chi connectivity index (χ1n) is 6.59. The van der Waals surface area contributed by atoms with Gasteiger partial charge in [0.1, 0.15) is 0 Å². The van der Waals surface area contributed by atoms with Gasteiger partial charge >= 0.3 is 7.12 Å². The molecule has 2 aromatic heterocycles. The molecule has 3 heterocycles. The van der Waals surface area contributed by atoms with Crippen LogP contribution in [0.2, 0.25) is 0 Å². The van der Waals surface area contributed by atoms with E-state index in [1.165, 1.54) is 0 Å². The van der Waals surface area contributed by atoms with Crippen LogP contribution in [0.5, 0.6) is 0 Å². The molecule has 1 aliphatic heterocycles. The summed E-state index contributed by atoms with van der Waals surface area (Å²) in [6, 6.07) is 3.91. The summed E-state index contributed by atoms with van der Waals surface area (Å²) in [4.78, 5) is 8.64. The quantitative estimate of drug-likeness (QED) is 0.796. The third-order valence-corrected chi connectivity index (χ3v) is 4.59. The molecule has 3 rings (SSSR count). The standard InChI is InChI=1S/C14H17BN2O2S/c1-13(2)14(3,4)19-15(18-13)10-5-6-16-11(7-10)12-8-20-9-17-12/h5-9H,1-4H3. The molecule has 0 N–H and O–H groups in total. The van der Waals surface area contributed by atoms with Gasteiger partial charge in [-0.2, -0.15) is 0 Å². The third-order valence-electron chi connectivity index (χ3n) is 4.00. The Bertz CT molecular complexity index is 597. The molecule has 0 unspecified atom stereocenters. The highest BCUT2D eigenvalue weighted by Gasteiger charge is 2.51. The summed E-state index contributed by atoms with van der Waals surface area (Å²) < 4.78 is 12.1. The minimum atomic E-state index is -0.361. The first-order valence-corrected chi connectivity index (χ1v) is 7.53. The van der Waals surface area contributed by atoms with Gasteiger partial charge < -0.3 is 9.31 Å². The molecule has 0 aliphatic carbocycles. The van der Waals surface area contributed by atoms with Crippen LogP contribution in [-0.2, 0) is 9.31 Å². The summed E-state index contributed by atoms with van der Waals surface area (Å²) in [7, 11) is -0.361. The number of pyridine rings is 1. The normalized spacial score (nSPS) is 20.3. The SMILES string of the molecule is CC1(C)OB(c2ccnc(-c3cscn3)c2)OC1(C)C. The zero-order chi connectivity index (χ0) is 14.4. The third kappa shape index (κ3) is 2.28. The Morgan fingerprint density at radius 1 is 1.05 bits per heavy atom. The first kappa shape index (κ1) is 13.7. The van der Waals surface area contributed by atoms with Crippen molar-refractivity contribution >= 4 is 23.9 Å². The molecule has 0 spiro atoms. The average Bonchev–Trinajstić information content (AvgIpc) is 2.97. The van der Waals surface area contributed by atoms with E-state index in [4.69, 9.17) is 9.31 Å². The Morgan fingerprint density at radius 3 is 2.35 bits per heavy atom. The molecule has 0 radical (unpaired) electrons. The van der Waals surface area contributed by atoms with Crippen LogP contribution < -0.4 is 5.46 Å². The summed E-state index contributed by atoms with van der Waals surface area (Å²) in [5.74, 6) is 0. The number of thiazole rings is 1. The molecule has 0 bridgehead atoms. The number of rotatable bonds is 2. The molecule has 1 fully saturated rings. The Kier molecular flexibility index (Phi) is 3.19. The molecule has 4 nitrogen and oxygen atoms in total. The van der Waals surface area contributed by atoms with Gasteiger partial charge in [0.05, 0.1) is 28.1 Å². The van der Waals surface area contributed by atoms with Crippen molar-refractivity contribution in [1.29, 1.82) is 0 Å². The molecule has 0 amide bonds. The largest absolute Gasteiger partial charge is 0.494 e. The summed E-state index contributed by atoms with van der Waals surface area (Å²) in [6.07, 6.45) is 1.77. The van der Waals surface area contributed by atoms with Crippen LogP contribution in [0.25, 0.3) is 11.4 Å². The van der Waals surface area contributed by atoms with Crippen LogP contribution >= 0.6 is 11.3 Å². The highest BCUT2D eigenvalue weighted by atomic mass is 32.1. The van der Waals surface area contributed by atoms with E-state index >= 15 is 0 Å². The minimum absolute atomic E-state index is 0.332. The monoisotopic (exact) mass is 288 g/mol. The van der Waals surface area contributed by atoms with Gasteiger partial charge in [-0.05, 0) is 45.3 Å². The van der Waals surface area contributed by atoms with Gasteiger partial charge in [-0.3, -0.25) is 4.98 Å². The number of hydrogen-bond acceptors (Lipinski definition) is 5. The molecule has 2 aromatic rings. The number of hydrogen-bond donors (Lipinski definition) is 0. The molecule has 0 atom stereocenters. The lowest BCUT2D eigenvalue weighted by atomic mass is 9.79.